The summed E-state index contributed by atoms with van der Waals surface area (Å²) in [6.45, 7) is 2.78. The highest BCUT2D eigenvalue weighted by Crippen LogP contribution is 2.11. The van der Waals surface area contributed by atoms with Crippen molar-refractivity contribution in [2.24, 2.45) is 0 Å². The molecule has 0 atom stereocenters. The Labute approximate surface area is 200 Å². The summed E-state index contributed by atoms with van der Waals surface area (Å²) in [5.41, 5.74) is 3.53. The number of sulfonamides is 1. The second kappa shape index (κ2) is 12.2. The first-order valence-corrected chi connectivity index (χ1v) is 12.4. The van der Waals surface area contributed by atoms with E-state index in [-0.39, 0.29) is 29.6 Å². The van der Waals surface area contributed by atoms with Crippen LogP contribution < -0.4 is 10.0 Å². The van der Waals surface area contributed by atoms with Gasteiger partial charge in [0.2, 0.25) is 15.9 Å². The van der Waals surface area contributed by atoms with Gasteiger partial charge in [-0.1, -0.05) is 66.7 Å². The van der Waals surface area contributed by atoms with Crippen LogP contribution in [-0.2, 0) is 39.3 Å². The summed E-state index contributed by atoms with van der Waals surface area (Å²) in [6, 6.07) is 23.4. The van der Waals surface area contributed by atoms with Gasteiger partial charge in [-0.15, -0.1) is 0 Å². The quantitative estimate of drug-likeness (QED) is 0.386. The van der Waals surface area contributed by atoms with Crippen molar-refractivity contribution in [2.45, 2.75) is 38.0 Å². The summed E-state index contributed by atoms with van der Waals surface area (Å²) in [7, 11) is -3.75. The third-order valence-corrected chi connectivity index (χ3v) is 6.59. The molecule has 0 heterocycles. The SMILES string of the molecule is CC(=O)c1ccc(S(=O)(=O)NCCC(=O)NCc2ccc(COCc3ccccc3)cc2)cc1. The van der Waals surface area contributed by atoms with E-state index in [1.165, 1.54) is 31.2 Å². The highest BCUT2D eigenvalue weighted by molar-refractivity contribution is 7.89. The molecule has 0 aliphatic heterocycles. The van der Waals surface area contributed by atoms with E-state index >= 15 is 0 Å². The Hall–Kier alpha value is -3.33. The molecule has 0 radical (unpaired) electrons. The summed E-state index contributed by atoms with van der Waals surface area (Å²) >= 11 is 0. The van der Waals surface area contributed by atoms with Crippen LogP contribution in [-0.4, -0.2) is 26.7 Å². The van der Waals surface area contributed by atoms with Crippen LogP contribution in [0.1, 0.15) is 40.4 Å². The maximum Gasteiger partial charge on any atom is 0.240 e. The molecule has 0 bridgehead atoms. The number of rotatable bonds is 12. The maximum atomic E-state index is 12.3. The monoisotopic (exact) mass is 480 g/mol. The van der Waals surface area contributed by atoms with Gasteiger partial charge in [-0.3, -0.25) is 9.59 Å². The fraction of sp³-hybridized carbons (Fsp3) is 0.231. The molecule has 0 aromatic heterocycles. The lowest BCUT2D eigenvalue weighted by Gasteiger charge is -2.09. The van der Waals surface area contributed by atoms with Crippen molar-refractivity contribution in [2.75, 3.05) is 6.54 Å². The lowest BCUT2D eigenvalue weighted by Crippen LogP contribution is -2.30. The summed E-state index contributed by atoms with van der Waals surface area (Å²) in [4.78, 5) is 23.5. The van der Waals surface area contributed by atoms with E-state index in [1.54, 1.807) is 0 Å². The van der Waals surface area contributed by atoms with Crippen LogP contribution in [0.5, 0.6) is 0 Å². The Bertz CT molecular complexity index is 1190. The van der Waals surface area contributed by atoms with Gasteiger partial charge in [0.1, 0.15) is 0 Å². The minimum absolute atomic E-state index is 0.0101. The Kier molecular flexibility index (Phi) is 9.09. The molecule has 2 N–H and O–H groups in total. The molecule has 0 aliphatic rings. The number of carbonyl (C=O) groups is 2. The van der Waals surface area contributed by atoms with E-state index in [1.807, 2.05) is 54.6 Å². The molecule has 0 unspecified atom stereocenters. The van der Waals surface area contributed by atoms with Crippen LogP contribution in [0.25, 0.3) is 0 Å². The van der Waals surface area contributed by atoms with Crippen LogP contribution in [0, 0.1) is 0 Å². The highest BCUT2D eigenvalue weighted by atomic mass is 32.2. The number of ketones is 1. The van der Waals surface area contributed by atoms with Crippen molar-refractivity contribution in [1.29, 1.82) is 0 Å². The molecule has 3 rings (SSSR count). The Morgan fingerprint density at radius 2 is 1.38 bits per heavy atom. The van der Waals surface area contributed by atoms with Crippen LogP contribution in [0.3, 0.4) is 0 Å². The molecular formula is C26H28N2O5S. The first-order chi connectivity index (χ1) is 16.3. The van der Waals surface area contributed by atoms with Crippen molar-refractivity contribution < 1.29 is 22.7 Å². The predicted octanol–water partition coefficient (Wildman–Crippen LogP) is 3.59. The Balaban J connectivity index is 1.37. The van der Waals surface area contributed by atoms with E-state index in [0.717, 1.165) is 16.7 Å². The summed E-state index contributed by atoms with van der Waals surface area (Å²) in [5, 5.41) is 2.79. The zero-order valence-corrected chi connectivity index (χ0v) is 19.8. The summed E-state index contributed by atoms with van der Waals surface area (Å²) < 4.78 is 32.8. The zero-order valence-electron chi connectivity index (χ0n) is 19.0. The molecule has 3 aromatic rings. The third-order valence-electron chi connectivity index (χ3n) is 5.11. The van der Waals surface area contributed by atoms with Crippen LogP contribution in [0.4, 0.5) is 0 Å². The largest absolute Gasteiger partial charge is 0.372 e. The average molecular weight is 481 g/mol. The molecule has 7 nitrogen and oxygen atoms in total. The van der Waals surface area contributed by atoms with E-state index in [2.05, 4.69) is 10.0 Å². The van der Waals surface area contributed by atoms with Crippen molar-refractivity contribution in [3.05, 3.63) is 101 Å². The molecule has 1 amide bonds. The van der Waals surface area contributed by atoms with Gasteiger partial charge in [-0.2, -0.15) is 0 Å². The lowest BCUT2D eigenvalue weighted by molar-refractivity contribution is -0.121. The average Bonchev–Trinajstić information content (AvgIpc) is 2.84. The van der Waals surface area contributed by atoms with Gasteiger partial charge in [0, 0.05) is 25.1 Å². The fourth-order valence-electron chi connectivity index (χ4n) is 3.15. The number of amides is 1. The number of carbonyl (C=O) groups excluding carboxylic acids is 2. The fourth-order valence-corrected chi connectivity index (χ4v) is 4.19. The van der Waals surface area contributed by atoms with Crippen molar-refractivity contribution >= 4 is 21.7 Å². The van der Waals surface area contributed by atoms with Crippen LogP contribution in [0.2, 0.25) is 0 Å². The smallest absolute Gasteiger partial charge is 0.240 e. The normalized spacial score (nSPS) is 11.2. The zero-order chi connectivity index (χ0) is 24.4. The van der Waals surface area contributed by atoms with Crippen LogP contribution in [0.15, 0.2) is 83.8 Å². The lowest BCUT2D eigenvalue weighted by atomic mass is 10.1. The van der Waals surface area contributed by atoms with Crippen molar-refractivity contribution in [3.63, 3.8) is 0 Å². The summed E-state index contributed by atoms with van der Waals surface area (Å²) in [5.74, 6) is -0.399. The Morgan fingerprint density at radius 1 is 0.794 bits per heavy atom. The molecule has 0 saturated carbocycles. The van der Waals surface area contributed by atoms with Gasteiger partial charge in [-0.05, 0) is 35.7 Å². The van der Waals surface area contributed by atoms with Gasteiger partial charge in [-0.25, -0.2) is 13.1 Å². The van der Waals surface area contributed by atoms with Crippen molar-refractivity contribution in [3.8, 4) is 0 Å². The predicted molar refractivity (Wildman–Crippen MR) is 129 cm³/mol. The highest BCUT2D eigenvalue weighted by Gasteiger charge is 2.14. The second-order valence-electron chi connectivity index (χ2n) is 7.80. The molecular weight excluding hydrogens is 452 g/mol. The molecule has 0 aliphatic carbocycles. The number of Topliss-reactive ketones (excluding diaryl/α,β-unsaturated/α-hetero) is 1. The molecule has 0 saturated heterocycles. The van der Waals surface area contributed by atoms with Gasteiger partial charge in [0.05, 0.1) is 18.1 Å². The minimum Gasteiger partial charge on any atom is -0.372 e. The topological polar surface area (TPSA) is 102 Å². The first-order valence-electron chi connectivity index (χ1n) is 10.9. The van der Waals surface area contributed by atoms with Gasteiger partial charge >= 0.3 is 0 Å². The molecule has 8 heteroatoms. The third kappa shape index (κ3) is 7.91. The molecule has 34 heavy (non-hydrogen) atoms. The number of hydrogen-bond donors (Lipinski definition) is 2. The van der Waals surface area contributed by atoms with Gasteiger partial charge < -0.3 is 10.1 Å². The van der Waals surface area contributed by atoms with E-state index in [9.17, 15) is 18.0 Å². The number of hydrogen-bond acceptors (Lipinski definition) is 5. The first kappa shape index (κ1) is 25.3. The van der Waals surface area contributed by atoms with E-state index in [0.29, 0.717) is 25.3 Å². The number of ether oxygens (including phenoxy) is 1. The van der Waals surface area contributed by atoms with E-state index < -0.39 is 10.0 Å². The number of benzene rings is 3. The molecule has 3 aromatic carbocycles. The maximum absolute atomic E-state index is 12.3. The summed E-state index contributed by atoms with van der Waals surface area (Å²) in [6.07, 6.45) is 0.0101. The second-order valence-corrected chi connectivity index (χ2v) is 9.57. The molecule has 0 spiro atoms. The van der Waals surface area contributed by atoms with Crippen LogP contribution >= 0.6 is 0 Å². The van der Waals surface area contributed by atoms with Gasteiger partial charge in [0.15, 0.2) is 5.78 Å². The standard InChI is InChI=1S/C26H28N2O5S/c1-20(29)24-11-13-25(14-12-24)34(31,32)28-16-15-26(30)27-17-21-7-9-23(10-8-21)19-33-18-22-5-3-2-4-6-22/h2-14,28H,15-19H2,1H3,(H,27,30). The number of nitrogens with one attached hydrogen (secondary N) is 2. The molecule has 0 fully saturated rings. The van der Waals surface area contributed by atoms with Crippen molar-refractivity contribution in [1.82, 2.24) is 10.0 Å². The van der Waals surface area contributed by atoms with Gasteiger partial charge in [0.25, 0.3) is 0 Å². The minimum atomic E-state index is -3.75. The molecule has 178 valence electrons. The van der Waals surface area contributed by atoms with E-state index in [4.69, 9.17) is 4.74 Å². The Morgan fingerprint density at radius 3 is 2.00 bits per heavy atom.